The predicted octanol–water partition coefficient (Wildman–Crippen LogP) is 5.48. The number of hydrogen-bond acceptors (Lipinski definition) is 6. The number of carbonyl (C=O) groups is 2. The molecule has 3 heterocycles. The largest absolute Gasteiger partial charge is 0.496 e. The van der Waals surface area contributed by atoms with E-state index in [-0.39, 0.29) is 29.7 Å². The Kier molecular flexibility index (Phi) is 6.78. The van der Waals surface area contributed by atoms with Gasteiger partial charge < -0.3 is 14.5 Å². The molecule has 0 fully saturated rings. The van der Waals surface area contributed by atoms with E-state index in [9.17, 15) is 9.59 Å². The number of carbonyl (C=O) groups excluding carboxylic acids is 2. The van der Waals surface area contributed by atoms with Gasteiger partial charge in [0.15, 0.2) is 0 Å². The second-order valence-corrected chi connectivity index (χ2v) is 10.3. The van der Waals surface area contributed by atoms with Crippen LogP contribution >= 0.6 is 11.3 Å². The van der Waals surface area contributed by atoms with Gasteiger partial charge in [0, 0.05) is 22.4 Å². The van der Waals surface area contributed by atoms with Gasteiger partial charge in [-0.05, 0) is 74.7 Å². The lowest BCUT2D eigenvalue weighted by molar-refractivity contribution is -0.139. The second-order valence-electron chi connectivity index (χ2n) is 9.26. The zero-order valence-electron chi connectivity index (χ0n) is 20.6. The fourth-order valence-corrected chi connectivity index (χ4v) is 5.72. The number of thiophene rings is 1. The van der Waals surface area contributed by atoms with E-state index in [1.54, 1.807) is 24.4 Å². The molecule has 1 aliphatic carbocycles. The minimum atomic E-state index is -0.155. The molecule has 36 heavy (non-hydrogen) atoms. The van der Waals surface area contributed by atoms with Crippen molar-refractivity contribution < 1.29 is 18.7 Å². The van der Waals surface area contributed by atoms with Gasteiger partial charge in [-0.25, -0.2) is 5.01 Å². The molecule has 0 saturated carbocycles. The highest BCUT2D eigenvalue weighted by molar-refractivity contribution is 7.17. The molecule has 1 aliphatic heterocycles. The molecule has 2 aromatic heterocycles. The molecule has 2 aliphatic rings. The molecule has 3 aromatic rings. The van der Waals surface area contributed by atoms with Crippen LogP contribution in [-0.4, -0.2) is 35.7 Å². The van der Waals surface area contributed by atoms with Crippen LogP contribution in [0.2, 0.25) is 0 Å². The smallest absolute Gasteiger partial charge is 0.261 e. The molecule has 5 rings (SSSR count). The topological polar surface area (TPSA) is 84.1 Å². The van der Waals surface area contributed by atoms with Crippen molar-refractivity contribution in [3.63, 3.8) is 0 Å². The number of allylic oxidation sites excluding steroid dienone is 2. The quantitative estimate of drug-likeness (QED) is 0.433. The lowest BCUT2D eigenvalue weighted by Gasteiger charge is -2.38. The van der Waals surface area contributed by atoms with E-state index in [1.165, 1.54) is 11.3 Å². The monoisotopic (exact) mass is 503 g/mol. The summed E-state index contributed by atoms with van der Waals surface area (Å²) in [6, 6.07) is 13.4. The minimum Gasteiger partial charge on any atom is -0.496 e. The van der Waals surface area contributed by atoms with Crippen molar-refractivity contribution in [3.05, 3.63) is 77.1 Å². The van der Waals surface area contributed by atoms with Crippen LogP contribution < -0.4 is 10.1 Å². The number of hydrogen-bond donors (Lipinski definition) is 1. The van der Waals surface area contributed by atoms with Crippen LogP contribution in [0.25, 0.3) is 10.4 Å². The maximum Gasteiger partial charge on any atom is 0.261 e. The summed E-state index contributed by atoms with van der Waals surface area (Å²) in [4.78, 5) is 27.3. The summed E-state index contributed by atoms with van der Waals surface area (Å²) in [5.74, 6) is 1.31. The molecule has 2 atom stereocenters. The first-order valence-electron chi connectivity index (χ1n) is 12.1. The van der Waals surface area contributed by atoms with Gasteiger partial charge in [0.2, 0.25) is 5.91 Å². The van der Waals surface area contributed by atoms with Crippen molar-refractivity contribution in [3.8, 4) is 16.2 Å². The third kappa shape index (κ3) is 4.60. The third-order valence-electron chi connectivity index (χ3n) is 6.62. The normalized spacial score (nSPS) is 19.3. The first kappa shape index (κ1) is 24.1. The van der Waals surface area contributed by atoms with Gasteiger partial charge in [-0.15, -0.1) is 11.3 Å². The number of furan rings is 1. The highest BCUT2D eigenvalue weighted by Crippen LogP contribution is 2.39. The molecule has 0 saturated heterocycles. The van der Waals surface area contributed by atoms with Gasteiger partial charge in [-0.1, -0.05) is 12.2 Å². The number of nitrogens with zero attached hydrogens (tertiary/aromatic N) is 2. The molecule has 1 N–H and O–H groups in total. The number of methoxy groups -OCH3 is 1. The summed E-state index contributed by atoms with van der Waals surface area (Å²) < 4.78 is 11.0. The van der Waals surface area contributed by atoms with E-state index in [0.717, 1.165) is 40.3 Å². The lowest BCUT2D eigenvalue weighted by Crippen LogP contribution is -2.47. The van der Waals surface area contributed by atoms with Crippen molar-refractivity contribution in [1.82, 2.24) is 10.3 Å². The van der Waals surface area contributed by atoms with Crippen LogP contribution in [-0.2, 0) is 11.3 Å². The first-order valence-corrected chi connectivity index (χ1v) is 12.9. The number of fused-ring (bicyclic) bond motifs is 1. The molecule has 0 radical (unpaired) electrons. The number of hydrazone groups is 1. The average molecular weight is 504 g/mol. The molecule has 186 valence electrons. The van der Waals surface area contributed by atoms with Gasteiger partial charge in [-0.2, -0.15) is 5.10 Å². The molecule has 7 nitrogen and oxygen atoms in total. The Labute approximate surface area is 214 Å². The molecule has 0 unspecified atom stereocenters. The molecule has 8 heteroatoms. The number of ether oxygens (including phenoxy) is 1. The van der Waals surface area contributed by atoms with Crippen LogP contribution in [0.15, 0.2) is 70.4 Å². The van der Waals surface area contributed by atoms with Crippen LogP contribution in [0.5, 0.6) is 5.75 Å². The Morgan fingerprint density at radius 1 is 1.19 bits per heavy atom. The number of nitrogens with one attached hydrogen (secondary N) is 1. The summed E-state index contributed by atoms with van der Waals surface area (Å²) in [5, 5.41) is 9.37. The fourth-order valence-electron chi connectivity index (χ4n) is 4.77. The van der Waals surface area contributed by atoms with E-state index >= 15 is 0 Å². The van der Waals surface area contributed by atoms with Crippen molar-refractivity contribution >= 4 is 28.9 Å². The second kappa shape index (κ2) is 10.1. The molecule has 0 spiro atoms. The Hall–Kier alpha value is -3.65. The van der Waals surface area contributed by atoms with Gasteiger partial charge >= 0.3 is 0 Å². The highest BCUT2D eigenvalue weighted by atomic mass is 32.1. The summed E-state index contributed by atoms with van der Waals surface area (Å²) in [6.07, 6.45) is 7.36. The molecule has 0 bridgehead atoms. The number of benzene rings is 1. The van der Waals surface area contributed by atoms with Gasteiger partial charge in [-0.3, -0.25) is 9.59 Å². The Bertz CT molecular complexity index is 1320. The Balaban J connectivity index is 1.46. The van der Waals surface area contributed by atoms with Crippen molar-refractivity contribution in [2.24, 2.45) is 16.9 Å². The predicted molar refractivity (Wildman–Crippen MR) is 140 cm³/mol. The summed E-state index contributed by atoms with van der Waals surface area (Å²) in [6.45, 7) is 4.31. The zero-order chi connectivity index (χ0) is 25.2. The summed E-state index contributed by atoms with van der Waals surface area (Å²) in [5.41, 5.74) is 2.78. The standard InChI is InChI=1S/C28H29N3O4S/c1-17(2)31-28(33)21-9-5-4-8-20(21)26(30-31)18-10-11-23(34-3)22(15-18)24-12-13-25(36-24)27(32)29-16-19-7-6-14-35-19/h4-7,10-15,17,20-21H,8-9,16H2,1-3H3,(H,29,32)/t20-,21+/m0/s1. The molecule has 2 amide bonds. The maximum absolute atomic E-state index is 13.1. The molecular formula is C28H29N3O4S. The van der Waals surface area contributed by atoms with E-state index < -0.39 is 0 Å². The molecular weight excluding hydrogens is 474 g/mol. The number of rotatable bonds is 7. The van der Waals surface area contributed by atoms with Crippen LogP contribution in [0, 0.1) is 11.8 Å². The SMILES string of the molecule is COc1ccc(C2=NN(C(C)C)C(=O)[C@@H]3CC=CC[C@H]23)cc1-c1ccc(C(=O)NCc2ccco2)s1. The summed E-state index contributed by atoms with van der Waals surface area (Å²) >= 11 is 1.41. The summed E-state index contributed by atoms with van der Waals surface area (Å²) in [7, 11) is 1.64. The third-order valence-corrected chi connectivity index (χ3v) is 7.74. The van der Waals surface area contributed by atoms with Gasteiger partial charge in [0.05, 0.1) is 36.4 Å². The molecule has 1 aromatic carbocycles. The maximum atomic E-state index is 13.1. The lowest BCUT2D eigenvalue weighted by atomic mass is 9.76. The van der Waals surface area contributed by atoms with E-state index in [1.807, 2.05) is 44.2 Å². The fraction of sp³-hybridized carbons (Fsp3) is 0.321. The van der Waals surface area contributed by atoms with E-state index in [4.69, 9.17) is 14.3 Å². The van der Waals surface area contributed by atoms with Gasteiger partial charge in [0.25, 0.3) is 5.91 Å². The van der Waals surface area contributed by atoms with Crippen molar-refractivity contribution in [2.45, 2.75) is 39.3 Å². The van der Waals surface area contributed by atoms with Crippen molar-refractivity contribution in [1.29, 1.82) is 0 Å². The van der Waals surface area contributed by atoms with Crippen LogP contribution in [0.1, 0.15) is 47.7 Å². The van der Waals surface area contributed by atoms with Crippen molar-refractivity contribution in [2.75, 3.05) is 7.11 Å². The average Bonchev–Trinajstić information content (AvgIpc) is 3.60. The zero-order valence-corrected chi connectivity index (χ0v) is 21.4. The Morgan fingerprint density at radius 2 is 2.00 bits per heavy atom. The van der Waals surface area contributed by atoms with Crippen LogP contribution in [0.4, 0.5) is 0 Å². The number of amides is 2. The van der Waals surface area contributed by atoms with Crippen LogP contribution in [0.3, 0.4) is 0 Å². The minimum absolute atomic E-state index is 0.0170. The van der Waals surface area contributed by atoms with E-state index in [0.29, 0.717) is 17.2 Å². The van der Waals surface area contributed by atoms with Gasteiger partial charge in [0.1, 0.15) is 11.5 Å². The first-order chi connectivity index (χ1) is 17.5. The van der Waals surface area contributed by atoms with E-state index in [2.05, 4.69) is 23.5 Å². The Morgan fingerprint density at radius 3 is 2.72 bits per heavy atom. The highest BCUT2D eigenvalue weighted by Gasteiger charge is 2.40.